The summed E-state index contributed by atoms with van der Waals surface area (Å²) in [6.07, 6.45) is 3.02. The second-order valence-electron chi connectivity index (χ2n) is 1.67. The minimum Gasteiger partial charge on any atom is -0.280 e. The minimum atomic E-state index is 0.0417. The van der Waals surface area contributed by atoms with Gasteiger partial charge in [-0.15, -0.1) is 0 Å². The van der Waals surface area contributed by atoms with E-state index < -0.39 is 0 Å². The zero-order chi connectivity index (χ0) is 7.70. The van der Waals surface area contributed by atoms with Crippen LogP contribution in [0.4, 0.5) is 0 Å². The first-order valence-corrected chi connectivity index (χ1v) is 10.5. The highest BCUT2D eigenvalue weighted by atomic mass is 79.9. The van der Waals surface area contributed by atoms with E-state index in [0.717, 1.165) is 6.42 Å². The van der Waals surface area contributed by atoms with Gasteiger partial charge in [0, 0.05) is 0 Å². The number of rotatable bonds is 1. The molecule has 0 aliphatic heterocycles. The molecule has 3 heteroatoms. The van der Waals surface area contributed by atoms with Crippen LogP contribution in [0.15, 0.2) is 11.6 Å². The highest BCUT2D eigenvalue weighted by Crippen LogP contribution is 1.88. The largest absolute Gasteiger partial charge is 0.560 e. The second kappa shape index (κ2) is 12.2. The van der Waals surface area contributed by atoms with Gasteiger partial charge in [-0.05, 0) is 27.2 Å². The molecule has 0 heterocycles. The Morgan fingerprint density at radius 3 is 1.89 bits per heavy atom. The fourth-order valence-corrected chi connectivity index (χ4v) is 0.289. The maximum atomic E-state index is 3.65. The summed E-state index contributed by atoms with van der Waals surface area (Å²) in [6.45, 7) is 7.80. The van der Waals surface area contributed by atoms with Gasteiger partial charge in [0.15, 0.2) is 0 Å². The van der Waals surface area contributed by atoms with Crippen LogP contribution >= 0.6 is 25.8 Å². The third-order valence-corrected chi connectivity index (χ3v) is 0.553. The Kier molecular flexibility index (Phi) is 17.7. The van der Waals surface area contributed by atoms with E-state index in [4.69, 9.17) is 0 Å². The predicted molar refractivity (Wildman–Crippen MR) is 53.0 cm³/mol. The molecule has 0 fully saturated rings. The van der Waals surface area contributed by atoms with Crippen molar-refractivity contribution >= 4 is 41.8 Å². The molecule has 0 spiro atoms. The maximum Gasteiger partial charge on any atom is 0.560 e. The van der Waals surface area contributed by atoms with E-state index in [9.17, 15) is 0 Å². The van der Waals surface area contributed by atoms with Gasteiger partial charge in [0.25, 0.3) is 0 Å². The molecule has 51 valence electrons. The molecule has 0 saturated heterocycles. The highest BCUT2D eigenvalue weighted by molar-refractivity contribution is 9.47. The summed E-state index contributed by atoms with van der Waals surface area (Å²) < 4.78 is 0. The number of allylic oxidation sites excluding steroid dienone is 2. The summed E-state index contributed by atoms with van der Waals surface area (Å²) in [5, 5.41) is 0. The van der Waals surface area contributed by atoms with E-state index >= 15 is 0 Å². The first-order chi connectivity index (χ1) is 4.18. The van der Waals surface area contributed by atoms with Crippen molar-refractivity contribution in [3.63, 3.8) is 0 Å². The molecule has 0 unspecified atom stereocenters. The summed E-state index contributed by atoms with van der Waals surface area (Å²) in [6, 6.07) is 0. The van der Waals surface area contributed by atoms with E-state index in [2.05, 4.69) is 52.6 Å². The van der Waals surface area contributed by atoms with Crippen LogP contribution in [0.5, 0.6) is 0 Å². The third-order valence-electron chi connectivity index (χ3n) is 0.553. The van der Waals surface area contributed by atoms with Crippen molar-refractivity contribution in [2.24, 2.45) is 0 Å². The fraction of sp³-hybridized carbons (Fsp3) is 0.500. The lowest BCUT2D eigenvalue weighted by atomic mass is 10.3. The molecule has 0 aromatic carbocycles. The van der Waals surface area contributed by atoms with Crippen molar-refractivity contribution in [1.82, 2.24) is 0 Å². The highest BCUT2D eigenvalue weighted by Gasteiger charge is 1.67. The average molecular weight is 267 g/mol. The van der Waals surface area contributed by atoms with E-state index in [1.54, 1.807) is 0 Å². The van der Waals surface area contributed by atoms with Crippen molar-refractivity contribution in [2.45, 2.75) is 20.3 Å². The predicted octanol–water partition coefficient (Wildman–Crippen LogP) is 3.49. The molecule has 0 aliphatic carbocycles. The molecule has 0 rings (SSSR count). The summed E-state index contributed by atoms with van der Waals surface area (Å²) in [7, 11) is 0. The van der Waals surface area contributed by atoms with Crippen molar-refractivity contribution < 1.29 is 0 Å². The van der Waals surface area contributed by atoms with Gasteiger partial charge in [0.05, 0.1) is 0 Å². The number of hydrogen-bond donors (Lipinski definition) is 0. The summed E-state index contributed by atoms with van der Waals surface area (Å²) in [5.74, 6) is 0. The Balaban J connectivity index is 0. The van der Waals surface area contributed by atoms with Gasteiger partial charge in [-0.3, -0.25) is 25.8 Å². The molecule has 0 amide bonds. The van der Waals surface area contributed by atoms with Gasteiger partial charge in [-0.25, -0.2) is 0 Å². The SMILES string of the molecule is [Br][Mg][Br].[CH2]CC=C(C)C. The van der Waals surface area contributed by atoms with Crippen molar-refractivity contribution in [1.29, 1.82) is 0 Å². The smallest absolute Gasteiger partial charge is 0.280 e. The topological polar surface area (TPSA) is 0 Å². The Hall–Kier alpha value is 1.47. The average Bonchev–Trinajstić information content (AvgIpc) is 1.67. The van der Waals surface area contributed by atoms with Gasteiger partial charge < -0.3 is 0 Å². The van der Waals surface area contributed by atoms with E-state index in [-0.39, 0.29) is 16.0 Å². The first-order valence-electron chi connectivity index (χ1n) is 2.73. The third kappa shape index (κ3) is 26.5. The van der Waals surface area contributed by atoms with Gasteiger partial charge in [-0.1, -0.05) is 11.6 Å². The van der Waals surface area contributed by atoms with Crippen molar-refractivity contribution in [3.05, 3.63) is 18.6 Å². The first kappa shape index (κ1) is 13.1. The molecule has 0 saturated carbocycles. The van der Waals surface area contributed by atoms with Crippen LogP contribution in [0.3, 0.4) is 0 Å². The lowest BCUT2D eigenvalue weighted by Crippen LogP contribution is -1.58. The van der Waals surface area contributed by atoms with Crippen LogP contribution in [-0.4, -0.2) is 16.0 Å². The second-order valence-corrected chi connectivity index (χ2v) is 9.75. The van der Waals surface area contributed by atoms with Crippen LogP contribution in [0.2, 0.25) is 0 Å². The lowest BCUT2D eigenvalue weighted by Gasteiger charge is -1.80. The zero-order valence-electron chi connectivity index (χ0n) is 5.95. The van der Waals surface area contributed by atoms with Gasteiger partial charge in [0.2, 0.25) is 0 Å². The number of hydrogen-bond acceptors (Lipinski definition) is 0. The monoisotopic (exact) mass is 265 g/mol. The number of halogens is 2. The Morgan fingerprint density at radius 1 is 1.56 bits per heavy atom. The molecular formula is C6H11Br2Mg. The molecule has 0 aromatic heterocycles. The Labute approximate surface area is 79.9 Å². The van der Waals surface area contributed by atoms with Crippen LogP contribution in [0, 0.1) is 6.92 Å². The molecule has 0 N–H and O–H groups in total. The fourth-order valence-electron chi connectivity index (χ4n) is 0.289. The van der Waals surface area contributed by atoms with E-state index in [0.29, 0.717) is 0 Å². The van der Waals surface area contributed by atoms with Crippen molar-refractivity contribution in [2.75, 3.05) is 0 Å². The Bertz CT molecular complexity index is 67.5. The quantitative estimate of drug-likeness (QED) is 0.504. The van der Waals surface area contributed by atoms with Crippen LogP contribution in [0.25, 0.3) is 0 Å². The van der Waals surface area contributed by atoms with Gasteiger partial charge in [-0.2, -0.15) is 0 Å². The molecule has 0 aromatic rings. The molecule has 0 atom stereocenters. The molecule has 1 radical (unpaired) electrons. The van der Waals surface area contributed by atoms with Gasteiger partial charge >= 0.3 is 16.0 Å². The van der Waals surface area contributed by atoms with Gasteiger partial charge in [0.1, 0.15) is 0 Å². The molecule has 0 aliphatic rings. The Morgan fingerprint density at radius 2 is 1.89 bits per heavy atom. The maximum absolute atomic E-state index is 3.65. The zero-order valence-corrected chi connectivity index (χ0v) is 10.5. The van der Waals surface area contributed by atoms with E-state index in [1.165, 1.54) is 5.57 Å². The summed E-state index contributed by atoms with van der Waals surface area (Å²) in [5.41, 5.74) is 1.35. The standard InChI is InChI=1S/C6H11.2BrH.Mg/c1-4-5-6(2)3;;;/h5H,1,4H2,2-3H3;2*1H;/q;;;+2/p-2. The van der Waals surface area contributed by atoms with Crippen LogP contribution < -0.4 is 0 Å². The van der Waals surface area contributed by atoms with Crippen LogP contribution in [0.1, 0.15) is 20.3 Å². The van der Waals surface area contributed by atoms with Crippen LogP contribution in [-0.2, 0) is 0 Å². The molecule has 0 bridgehead atoms. The summed E-state index contributed by atoms with van der Waals surface area (Å²) in [4.78, 5) is 0. The van der Waals surface area contributed by atoms with E-state index in [1.807, 2.05) is 0 Å². The molecular weight excluding hydrogens is 256 g/mol. The minimum absolute atomic E-state index is 0.0417. The summed E-state index contributed by atoms with van der Waals surface area (Å²) >= 11 is 6.44. The molecule has 9 heavy (non-hydrogen) atoms. The molecule has 0 nitrogen and oxygen atoms in total. The van der Waals surface area contributed by atoms with Crippen molar-refractivity contribution in [3.8, 4) is 0 Å². The lowest BCUT2D eigenvalue weighted by molar-refractivity contribution is 1.28. The normalized spacial score (nSPS) is 6.33.